The smallest absolute Gasteiger partial charge is 0.160 e. The minimum absolute atomic E-state index is 0.0288. The zero-order valence-corrected chi connectivity index (χ0v) is 28.4. The first-order valence-electron chi connectivity index (χ1n) is 17.7. The molecule has 3 N–H and O–H groups in total. The molecule has 1 saturated carbocycles. The monoisotopic (exact) mass is 650 g/mol. The molecule has 1 heterocycles. The number of aromatic nitrogens is 1. The molecule has 0 spiro atoms. The van der Waals surface area contributed by atoms with Crippen LogP contribution in [-0.2, 0) is 22.4 Å². The van der Waals surface area contributed by atoms with Crippen molar-refractivity contribution >= 4 is 17.4 Å². The van der Waals surface area contributed by atoms with Crippen molar-refractivity contribution in [3.05, 3.63) is 83.0 Å². The SMILES string of the molecule is CCCC[C@H]1C[C@H](Cc2ccnc(NCCCO)c2)C[C@H]2C#C[C@H](c3ccccc3)c3cc(O)c(OC)cc3CCC(=O)CC(=O)[C@@H]2C1. The number of nitrogens with one attached hydrogen (secondary N) is 1. The van der Waals surface area contributed by atoms with Gasteiger partial charge in [-0.25, -0.2) is 4.98 Å². The van der Waals surface area contributed by atoms with E-state index in [1.807, 2.05) is 30.5 Å². The van der Waals surface area contributed by atoms with Crippen molar-refractivity contribution in [1.82, 2.24) is 4.98 Å². The molecule has 0 radical (unpaired) electrons. The second-order valence-corrected chi connectivity index (χ2v) is 13.6. The number of nitrogens with zero attached hydrogens (tertiary/aromatic N) is 1. The minimum Gasteiger partial charge on any atom is -0.504 e. The predicted molar refractivity (Wildman–Crippen MR) is 189 cm³/mol. The maximum Gasteiger partial charge on any atom is 0.160 e. The molecule has 5 atom stereocenters. The molecule has 0 amide bonds. The Kier molecular flexibility index (Phi) is 12.7. The van der Waals surface area contributed by atoms with Gasteiger partial charge in [0.05, 0.1) is 19.4 Å². The van der Waals surface area contributed by atoms with Crippen molar-refractivity contribution in [1.29, 1.82) is 0 Å². The maximum atomic E-state index is 14.0. The summed E-state index contributed by atoms with van der Waals surface area (Å²) in [6.07, 6.45) is 9.82. The Morgan fingerprint density at radius 3 is 2.58 bits per heavy atom. The summed E-state index contributed by atoms with van der Waals surface area (Å²) in [7, 11) is 1.52. The lowest BCUT2D eigenvalue weighted by Crippen LogP contribution is -2.27. The molecule has 7 nitrogen and oxygen atoms in total. The van der Waals surface area contributed by atoms with Crippen molar-refractivity contribution in [3.8, 4) is 23.3 Å². The first-order valence-corrected chi connectivity index (χ1v) is 17.7. The number of aliphatic hydroxyl groups is 1. The number of phenols is 1. The third kappa shape index (κ3) is 9.26. The number of fused-ring (bicyclic) bond motifs is 2. The van der Waals surface area contributed by atoms with Crippen LogP contribution in [0.25, 0.3) is 0 Å². The van der Waals surface area contributed by atoms with E-state index < -0.39 is 0 Å². The maximum absolute atomic E-state index is 14.0. The van der Waals surface area contributed by atoms with Gasteiger partial charge < -0.3 is 20.3 Å². The summed E-state index contributed by atoms with van der Waals surface area (Å²) in [5.74, 6) is 8.36. The highest BCUT2D eigenvalue weighted by atomic mass is 16.5. The lowest BCUT2D eigenvalue weighted by molar-refractivity contribution is -0.130. The molecule has 0 unspecified atom stereocenters. The van der Waals surface area contributed by atoms with Crippen LogP contribution in [-0.4, -0.2) is 47.0 Å². The van der Waals surface area contributed by atoms with Gasteiger partial charge in [0.15, 0.2) is 11.5 Å². The number of carbonyl (C=O) groups excluding carboxylic acids is 2. The van der Waals surface area contributed by atoms with Crippen LogP contribution in [0.15, 0.2) is 60.8 Å². The normalized spacial score (nSPS) is 22.9. The van der Waals surface area contributed by atoms with Crippen LogP contribution in [0.1, 0.15) is 92.9 Å². The lowest BCUT2D eigenvalue weighted by Gasteiger charge is -2.24. The molecule has 0 bridgehead atoms. The second-order valence-electron chi connectivity index (χ2n) is 13.6. The molecule has 254 valence electrons. The standard InChI is InChI=1S/C41H50N2O5/c1-3-4-9-28-20-30(21-29-16-18-43-41(24-29)42-17-8-19-44)22-32-13-15-35(31-10-6-5-7-11-31)36-27-39(47)40(48-2)25-33(36)12-14-34(45)26-38(46)37(32)23-28/h5-7,10-11,16,18,24-25,27-28,30,32,35,37,44,47H,3-4,8-9,12,14,17,19-23,26H2,1-2H3,(H,42,43)/t28-,30+,32+,35+,37+/m0/s1. The average Bonchev–Trinajstić information content (AvgIpc) is 3.26. The molecule has 1 fully saturated rings. The van der Waals surface area contributed by atoms with Gasteiger partial charge in [-0.15, -0.1) is 0 Å². The number of aryl methyl sites for hydroxylation is 1. The van der Waals surface area contributed by atoms with E-state index in [-0.39, 0.29) is 54.5 Å². The number of carbonyl (C=O) groups is 2. The first-order chi connectivity index (χ1) is 23.4. The third-order valence-corrected chi connectivity index (χ3v) is 10.0. The molecule has 48 heavy (non-hydrogen) atoms. The van der Waals surface area contributed by atoms with Crippen molar-refractivity contribution in [2.75, 3.05) is 25.6 Å². The van der Waals surface area contributed by atoms with Crippen molar-refractivity contribution in [3.63, 3.8) is 0 Å². The fraction of sp³-hybridized carbons (Fsp3) is 0.488. The van der Waals surface area contributed by atoms with E-state index in [9.17, 15) is 19.8 Å². The molecule has 0 saturated heterocycles. The number of benzene rings is 2. The fourth-order valence-electron chi connectivity index (χ4n) is 7.59. The summed E-state index contributed by atoms with van der Waals surface area (Å²) >= 11 is 0. The summed E-state index contributed by atoms with van der Waals surface area (Å²) in [4.78, 5) is 31.9. The van der Waals surface area contributed by atoms with Crippen LogP contribution in [0.5, 0.6) is 11.5 Å². The van der Waals surface area contributed by atoms with Crippen LogP contribution in [0.3, 0.4) is 0 Å². The molecule has 0 aliphatic heterocycles. The minimum atomic E-state index is -0.339. The molecule has 3 aromatic rings. The molecule has 7 heteroatoms. The van der Waals surface area contributed by atoms with E-state index in [1.54, 1.807) is 6.07 Å². The van der Waals surface area contributed by atoms with Gasteiger partial charge in [0.25, 0.3) is 0 Å². The summed E-state index contributed by atoms with van der Waals surface area (Å²) in [6.45, 7) is 3.00. The highest BCUT2D eigenvalue weighted by Crippen LogP contribution is 2.41. The molecule has 1 aromatic heterocycles. The first kappa shape index (κ1) is 35.2. The van der Waals surface area contributed by atoms with Gasteiger partial charge in [-0.1, -0.05) is 68.4 Å². The summed E-state index contributed by atoms with van der Waals surface area (Å²) in [5.41, 5.74) is 3.96. The van der Waals surface area contributed by atoms with Gasteiger partial charge in [0.1, 0.15) is 17.4 Å². The van der Waals surface area contributed by atoms with E-state index in [4.69, 9.17) is 4.74 Å². The zero-order chi connectivity index (χ0) is 33.9. The molecule has 2 aliphatic carbocycles. The van der Waals surface area contributed by atoms with E-state index in [0.29, 0.717) is 37.0 Å². The van der Waals surface area contributed by atoms with Crippen LogP contribution >= 0.6 is 0 Å². The van der Waals surface area contributed by atoms with Gasteiger partial charge >= 0.3 is 0 Å². The largest absolute Gasteiger partial charge is 0.504 e. The Morgan fingerprint density at radius 2 is 1.81 bits per heavy atom. The highest BCUT2D eigenvalue weighted by Gasteiger charge is 2.37. The Morgan fingerprint density at radius 1 is 0.979 bits per heavy atom. The summed E-state index contributed by atoms with van der Waals surface area (Å²) < 4.78 is 5.44. The molecule has 2 aromatic carbocycles. The van der Waals surface area contributed by atoms with Crippen molar-refractivity contribution in [2.24, 2.45) is 23.7 Å². The number of anilines is 1. The Hall–Kier alpha value is -4.15. The molecule has 2 aliphatic rings. The lowest BCUT2D eigenvalue weighted by atomic mass is 9.78. The van der Waals surface area contributed by atoms with Gasteiger partial charge in [-0.3, -0.25) is 9.59 Å². The second kappa shape index (κ2) is 17.3. The van der Waals surface area contributed by atoms with Crippen LogP contribution < -0.4 is 10.1 Å². The van der Waals surface area contributed by atoms with E-state index >= 15 is 0 Å². The van der Waals surface area contributed by atoms with E-state index in [2.05, 4.69) is 53.3 Å². The fourth-order valence-corrected chi connectivity index (χ4v) is 7.59. The van der Waals surface area contributed by atoms with Crippen molar-refractivity contribution < 1.29 is 24.5 Å². The van der Waals surface area contributed by atoms with Crippen LogP contribution in [0, 0.1) is 35.5 Å². The predicted octanol–water partition coefficient (Wildman–Crippen LogP) is 7.28. The summed E-state index contributed by atoms with van der Waals surface area (Å²) in [5, 5.41) is 23.4. The number of methoxy groups -OCH3 is 1. The van der Waals surface area contributed by atoms with E-state index in [0.717, 1.165) is 67.5 Å². The van der Waals surface area contributed by atoms with Gasteiger partial charge in [-0.05, 0) is 96.9 Å². The van der Waals surface area contributed by atoms with Gasteiger partial charge in [0, 0.05) is 37.6 Å². The number of aromatic hydroxyl groups is 1. The number of aliphatic hydroxyl groups excluding tert-OH is 1. The quantitative estimate of drug-likeness (QED) is 0.114. The number of hydrogen-bond acceptors (Lipinski definition) is 7. The molecular formula is C41H50N2O5. The molecule has 5 rings (SSSR count). The number of rotatable bonds is 11. The van der Waals surface area contributed by atoms with Crippen molar-refractivity contribution in [2.45, 2.75) is 83.5 Å². The third-order valence-electron chi connectivity index (χ3n) is 10.0. The Labute approximate surface area is 285 Å². The van der Waals surface area contributed by atoms with E-state index in [1.165, 1.54) is 12.7 Å². The van der Waals surface area contributed by atoms with Gasteiger partial charge in [0.2, 0.25) is 0 Å². The topological polar surface area (TPSA) is 109 Å². The molecular weight excluding hydrogens is 600 g/mol. The zero-order valence-electron chi connectivity index (χ0n) is 28.4. The number of hydrogen-bond donors (Lipinski definition) is 3. The summed E-state index contributed by atoms with van der Waals surface area (Å²) in [6, 6.07) is 17.8. The van der Waals surface area contributed by atoms with Crippen LogP contribution in [0.2, 0.25) is 0 Å². The Balaban J connectivity index is 1.56. The highest BCUT2D eigenvalue weighted by molar-refractivity contribution is 6.00. The average molecular weight is 651 g/mol. The number of pyridine rings is 1. The number of Topliss-reactive ketones (excluding diaryl/α,β-unsaturated/α-hetero) is 2. The number of unbranched alkanes of at least 4 members (excludes halogenated alkanes) is 1. The number of ketones is 2. The number of phenolic OH excluding ortho intramolecular Hbond substituents is 1. The van der Waals surface area contributed by atoms with Gasteiger partial charge in [-0.2, -0.15) is 0 Å². The Bertz CT molecular complexity index is 1590. The van der Waals surface area contributed by atoms with Crippen LogP contribution in [0.4, 0.5) is 5.82 Å². The number of ether oxygens (including phenoxy) is 1.